The van der Waals surface area contributed by atoms with Gasteiger partial charge in [0.05, 0.1) is 0 Å². The van der Waals surface area contributed by atoms with Gasteiger partial charge in [-0.3, -0.25) is 4.98 Å². The molecule has 0 amide bonds. The highest BCUT2D eigenvalue weighted by atomic mass is 19.1. The topological polar surface area (TPSA) is 24.9 Å². The molecule has 1 aromatic carbocycles. The lowest BCUT2D eigenvalue weighted by Crippen LogP contribution is -2.15. The molecule has 1 aromatic heterocycles. The van der Waals surface area contributed by atoms with Gasteiger partial charge in [0, 0.05) is 36.1 Å². The highest BCUT2D eigenvalue weighted by Gasteiger charge is 2.20. The number of hydrogen-bond acceptors (Lipinski definition) is 2. The average molecular weight is 256 g/mol. The molecule has 2 aromatic rings. The van der Waals surface area contributed by atoms with Crippen molar-refractivity contribution < 1.29 is 4.39 Å². The van der Waals surface area contributed by atoms with Crippen LogP contribution in [0.2, 0.25) is 0 Å². The second-order valence-electron chi connectivity index (χ2n) is 5.22. The van der Waals surface area contributed by atoms with E-state index in [1.165, 1.54) is 18.9 Å². The fraction of sp³-hybridized carbons (Fsp3) is 0.312. The first kappa shape index (κ1) is 12.3. The summed E-state index contributed by atoms with van der Waals surface area (Å²) in [6, 6.07) is 7.84. The quantitative estimate of drug-likeness (QED) is 0.906. The summed E-state index contributed by atoms with van der Waals surface area (Å²) in [6.45, 7) is 2.77. The standard InChI is InChI=1S/C16H17FN2/c1-11-2-5-16(17)15(6-11)13-7-12(8-18-10-13)9-19-14-3-4-14/h2,5-8,10,14,19H,3-4,9H2,1H3. The minimum atomic E-state index is -0.195. The van der Waals surface area contributed by atoms with Crippen LogP contribution in [0.15, 0.2) is 36.7 Å². The predicted octanol–water partition coefficient (Wildman–Crippen LogP) is 3.45. The predicted molar refractivity (Wildman–Crippen MR) is 74.2 cm³/mol. The number of rotatable bonds is 4. The molecule has 0 spiro atoms. The summed E-state index contributed by atoms with van der Waals surface area (Å²) >= 11 is 0. The van der Waals surface area contributed by atoms with Crippen LogP contribution in [0.5, 0.6) is 0 Å². The fourth-order valence-electron chi connectivity index (χ4n) is 2.14. The Balaban J connectivity index is 1.86. The molecule has 3 rings (SSSR count). The van der Waals surface area contributed by atoms with Crippen molar-refractivity contribution in [1.29, 1.82) is 0 Å². The van der Waals surface area contributed by atoms with Crippen molar-refractivity contribution in [2.75, 3.05) is 0 Å². The van der Waals surface area contributed by atoms with Gasteiger partial charge in [0.1, 0.15) is 5.82 Å². The highest BCUT2D eigenvalue weighted by Crippen LogP contribution is 2.24. The molecule has 0 bridgehead atoms. The van der Waals surface area contributed by atoms with Crippen molar-refractivity contribution >= 4 is 0 Å². The Morgan fingerprint density at radius 2 is 2.11 bits per heavy atom. The molecule has 98 valence electrons. The summed E-state index contributed by atoms with van der Waals surface area (Å²) in [5, 5.41) is 3.44. The fourth-order valence-corrected chi connectivity index (χ4v) is 2.14. The third kappa shape index (κ3) is 2.99. The van der Waals surface area contributed by atoms with Crippen LogP contribution in [-0.4, -0.2) is 11.0 Å². The van der Waals surface area contributed by atoms with Gasteiger partial charge in [-0.2, -0.15) is 0 Å². The van der Waals surface area contributed by atoms with Gasteiger partial charge >= 0.3 is 0 Å². The molecular weight excluding hydrogens is 239 g/mol. The SMILES string of the molecule is Cc1ccc(F)c(-c2cncc(CNC3CC3)c2)c1. The molecule has 1 aliphatic carbocycles. The van der Waals surface area contributed by atoms with Crippen LogP contribution in [0.4, 0.5) is 4.39 Å². The first-order chi connectivity index (χ1) is 9.22. The molecule has 1 heterocycles. The van der Waals surface area contributed by atoms with E-state index in [-0.39, 0.29) is 5.82 Å². The van der Waals surface area contributed by atoms with E-state index in [0.29, 0.717) is 11.6 Å². The van der Waals surface area contributed by atoms with Crippen LogP contribution in [-0.2, 0) is 6.54 Å². The second kappa shape index (κ2) is 5.10. The summed E-state index contributed by atoms with van der Waals surface area (Å²) in [5.41, 5.74) is 3.63. The maximum atomic E-state index is 13.9. The van der Waals surface area contributed by atoms with E-state index in [0.717, 1.165) is 23.2 Å². The van der Waals surface area contributed by atoms with Gasteiger partial charge in [-0.25, -0.2) is 4.39 Å². The lowest BCUT2D eigenvalue weighted by atomic mass is 10.0. The third-order valence-corrected chi connectivity index (χ3v) is 3.40. The zero-order valence-electron chi connectivity index (χ0n) is 11.0. The molecule has 0 unspecified atom stereocenters. The van der Waals surface area contributed by atoms with Gasteiger partial charge in [0.2, 0.25) is 0 Å². The summed E-state index contributed by atoms with van der Waals surface area (Å²) < 4.78 is 13.9. The molecule has 2 nitrogen and oxygen atoms in total. The molecule has 1 aliphatic rings. The van der Waals surface area contributed by atoms with E-state index in [1.807, 2.05) is 25.3 Å². The van der Waals surface area contributed by atoms with Crippen LogP contribution in [0.3, 0.4) is 0 Å². The van der Waals surface area contributed by atoms with E-state index in [4.69, 9.17) is 0 Å². The minimum Gasteiger partial charge on any atom is -0.310 e. The van der Waals surface area contributed by atoms with Gasteiger partial charge in [0.25, 0.3) is 0 Å². The smallest absolute Gasteiger partial charge is 0.131 e. The summed E-state index contributed by atoms with van der Waals surface area (Å²) in [5.74, 6) is -0.195. The van der Waals surface area contributed by atoms with E-state index in [9.17, 15) is 4.39 Å². The zero-order valence-corrected chi connectivity index (χ0v) is 11.0. The van der Waals surface area contributed by atoms with Crippen LogP contribution in [0.1, 0.15) is 24.0 Å². The van der Waals surface area contributed by atoms with E-state index in [2.05, 4.69) is 10.3 Å². The Hall–Kier alpha value is -1.74. The Morgan fingerprint density at radius 1 is 1.26 bits per heavy atom. The first-order valence-electron chi connectivity index (χ1n) is 6.66. The molecule has 3 heteroatoms. The molecule has 0 aliphatic heterocycles. The number of pyridine rings is 1. The molecule has 1 saturated carbocycles. The van der Waals surface area contributed by atoms with Crippen molar-refractivity contribution in [2.45, 2.75) is 32.4 Å². The monoisotopic (exact) mass is 256 g/mol. The Kier molecular flexibility index (Phi) is 3.30. The second-order valence-corrected chi connectivity index (χ2v) is 5.22. The third-order valence-electron chi connectivity index (χ3n) is 3.40. The van der Waals surface area contributed by atoms with Crippen molar-refractivity contribution in [1.82, 2.24) is 10.3 Å². The van der Waals surface area contributed by atoms with Gasteiger partial charge in [-0.05, 0) is 43.5 Å². The number of aromatic nitrogens is 1. The number of halogens is 1. The maximum absolute atomic E-state index is 13.9. The minimum absolute atomic E-state index is 0.195. The molecular formula is C16H17FN2. The molecule has 1 fully saturated rings. The first-order valence-corrected chi connectivity index (χ1v) is 6.66. The summed E-state index contributed by atoms with van der Waals surface area (Å²) in [4.78, 5) is 4.22. The number of nitrogens with zero attached hydrogens (tertiary/aromatic N) is 1. The van der Waals surface area contributed by atoms with Gasteiger partial charge in [-0.15, -0.1) is 0 Å². The molecule has 0 radical (unpaired) electrons. The van der Waals surface area contributed by atoms with Crippen LogP contribution >= 0.6 is 0 Å². The number of aryl methyl sites for hydroxylation is 1. The summed E-state index contributed by atoms with van der Waals surface area (Å²) in [6.07, 6.45) is 6.09. The molecule has 1 N–H and O–H groups in total. The van der Waals surface area contributed by atoms with Crippen molar-refractivity contribution in [3.05, 3.63) is 53.6 Å². The van der Waals surface area contributed by atoms with Crippen molar-refractivity contribution in [3.8, 4) is 11.1 Å². The van der Waals surface area contributed by atoms with Crippen LogP contribution in [0, 0.1) is 12.7 Å². The van der Waals surface area contributed by atoms with Crippen molar-refractivity contribution in [3.63, 3.8) is 0 Å². The Bertz CT molecular complexity index is 591. The van der Waals surface area contributed by atoms with Gasteiger partial charge in [-0.1, -0.05) is 11.6 Å². The Morgan fingerprint density at radius 3 is 2.89 bits per heavy atom. The molecule has 0 saturated heterocycles. The van der Waals surface area contributed by atoms with Crippen LogP contribution in [0.25, 0.3) is 11.1 Å². The number of hydrogen-bond donors (Lipinski definition) is 1. The highest BCUT2D eigenvalue weighted by molar-refractivity contribution is 5.64. The lowest BCUT2D eigenvalue weighted by Gasteiger charge is -2.07. The molecule has 19 heavy (non-hydrogen) atoms. The maximum Gasteiger partial charge on any atom is 0.131 e. The van der Waals surface area contributed by atoms with Gasteiger partial charge < -0.3 is 5.32 Å². The van der Waals surface area contributed by atoms with E-state index in [1.54, 1.807) is 12.3 Å². The van der Waals surface area contributed by atoms with Crippen LogP contribution < -0.4 is 5.32 Å². The number of nitrogens with one attached hydrogen (secondary N) is 1. The van der Waals surface area contributed by atoms with Gasteiger partial charge in [0.15, 0.2) is 0 Å². The van der Waals surface area contributed by atoms with E-state index < -0.39 is 0 Å². The van der Waals surface area contributed by atoms with E-state index >= 15 is 0 Å². The average Bonchev–Trinajstić information content (AvgIpc) is 3.24. The number of benzene rings is 1. The lowest BCUT2D eigenvalue weighted by molar-refractivity contribution is 0.630. The molecule has 0 atom stereocenters. The van der Waals surface area contributed by atoms with Crippen molar-refractivity contribution in [2.24, 2.45) is 0 Å². The normalized spacial score (nSPS) is 14.6. The Labute approximate surface area is 112 Å². The zero-order chi connectivity index (χ0) is 13.2. The summed E-state index contributed by atoms with van der Waals surface area (Å²) in [7, 11) is 0. The largest absolute Gasteiger partial charge is 0.310 e.